The van der Waals surface area contributed by atoms with Crippen LogP contribution in [0.2, 0.25) is 11.1 Å². The van der Waals surface area contributed by atoms with Crippen molar-refractivity contribution in [3.63, 3.8) is 0 Å². The fourth-order valence-corrected chi connectivity index (χ4v) is 6.25. The zero-order valence-corrected chi connectivity index (χ0v) is 15.9. The molecular weight excluding hydrogens is 285 g/mol. The molecule has 1 nitrogen and oxygen atoms in total. The number of piperidine rings is 1. The van der Waals surface area contributed by atoms with Gasteiger partial charge in [-0.05, 0) is 38.5 Å². The number of rotatable bonds is 2. The van der Waals surface area contributed by atoms with Crippen LogP contribution in [-0.2, 0) is 0 Å². The average Bonchev–Trinajstić information content (AvgIpc) is 2.42. The van der Waals surface area contributed by atoms with E-state index in [0.717, 1.165) is 17.7 Å². The minimum Gasteiger partial charge on any atom is -0.363 e. The third-order valence-electron chi connectivity index (χ3n) is 7.19. The minimum absolute atomic E-state index is 0.580. The molecule has 0 spiro atoms. The molecule has 4 aliphatic rings. The molecular formula is C19H34BNS. The van der Waals surface area contributed by atoms with E-state index in [1.54, 1.807) is 0 Å². The van der Waals surface area contributed by atoms with Gasteiger partial charge in [0.1, 0.15) is 7.28 Å². The van der Waals surface area contributed by atoms with Crippen molar-refractivity contribution in [2.45, 2.75) is 89.8 Å². The summed E-state index contributed by atoms with van der Waals surface area (Å²) in [7, 11) is 1.51. The van der Waals surface area contributed by atoms with Crippen LogP contribution in [0, 0.1) is 17.8 Å². The van der Waals surface area contributed by atoms with E-state index < -0.39 is 0 Å². The van der Waals surface area contributed by atoms with Crippen molar-refractivity contribution in [1.29, 1.82) is 0 Å². The van der Waals surface area contributed by atoms with Gasteiger partial charge in [0.05, 0.1) is 4.99 Å². The van der Waals surface area contributed by atoms with E-state index in [1.165, 1.54) is 63.8 Å². The monoisotopic (exact) mass is 319 g/mol. The second kappa shape index (κ2) is 6.45. The van der Waals surface area contributed by atoms with Gasteiger partial charge in [-0.1, -0.05) is 69.3 Å². The van der Waals surface area contributed by atoms with Crippen molar-refractivity contribution >= 4 is 24.5 Å². The molecule has 0 amide bonds. The summed E-state index contributed by atoms with van der Waals surface area (Å²) in [6, 6.07) is 0.580. The second-order valence-corrected chi connectivity index (χ2v) is 9.48. The van der Waals surface area contributed by atoms with Gasteiger partial charge in [0, 0.05) is 18.5 Å². The zero-order chi connectivity index (χ0) is 15.9. The molecule has 0 radical (unpaired) electrons. The lowest BCUT2D eigenvalue weighted by molar-refractivity contribution is 0.162. The van der Waals surface area contributed by atoms with Crippen LogP contribution >= 0.6 is 12.2 Å². The number of nitrogens with zero attached hydrogens (tertiary/aromatic N) is 1. The third-order valence-corrected chi connectivity index (χ3v) is 7.73. The quantitative estimate of drug-likeness (QED) is 0.516. The Bertz CT molecular complexity index is 414. The summed E-state index contributed by atoms with van der Waals surface area (Å²) in [5, 5.41) is 0.653. The van der Waals surface area contributed by atoms with Crippen molar-refractivity contribution in [1.82, 2.24) is 4.90 Å². The maximum Gasteiger partial charge on any atom is 0.131 e. The Morgan fingerprint density at radius 1 is 1.09 bits per heavy atom. The van der Waals surface area contributed by atoms with E-state index in [1.807, 2.05) is 0 Å². The Balaban J connectivity index is 1.79. The predicted octanol–water partition coefficient (Wildman–Crippen LogP) is 5.07. The van der Waals surface area contributed by atoms with Crippen LogP contribution in [0.25, 0.3) is 0 Å². The number of hydrogen-bond donors (Lipinski definition) is 0. The average molecular weight is 319 g/mol. The van der Waals surface area contributed by atoms with Crippen LogP contribution in [0.3, 0.4) is 0 Å². The molecule has 2 bridgehead atoms. The van der Waals surface area contributed by atoms with Gasteiger partial charge in [-0.3, -0.25) is 0 Å². The van der Waals surface area contributed by atoms with Crippen LogP contribution in [-0.4, -0.2) is 29.8 Å². The highest BCUT2D eigenvalue weighted by atomic mass is 32.1. The lowest BCUT2D eigenvalue weighted by atomic mass is 9.26. The molecule has 3 heteroatoms. The molecule has 3 aliphatic heterocycles. The molecule has 22 heavy (non-hydrogen) atoms. The van der Waals surface area contributed by atoms with Gasteiger partial charge in [0.2, 0.25) is 0 Å². The summed E-state index contributed by atoms with van der Waals surface area (Å²) >= 11 is 5.96. The van der Waals surface area contributed by atoms with Crippen molar-refractivity contribution < 1.29 is 0 Å². The Morgan fingerprint density at radius 2 is 1.77 bits per heavy atom. The van der Waals surface area contributed by atoms with E-state index in [9.17, 15) is 0 Å². The van der Waals surface area contributed by atoms with Gasteiger partial charge >= 0.3 is 0 Å². The van der Waals surface area contributed by atoms with Gasteiger partial charge in [0.15, 0.2) is 0 Å². The van der Waals surface area contributed by atoms with Gasteiger partial charge in [-0.15, -0.1) is 0 Å². The maximum absolute atomic E-state index is 5.96. The SMILES string of the molecule is CC(C)N1CCC2CC3(C(C)C)BC(CCCCC2C1=S)C3. The topological polar surface area (TPSA) is 3.24 Å². The molecule has 0 N–H and O–H groups in total. The van der Waals surface area contributed by atoms with E-state index in [-0.39, 0.29) is 0 Å². The van der Waals surface area contributed by atoms with Crippen LogP contribution in [0.15, 0.2) is 0 Å². The minimum atomic E-state index is 0.580. The summed E-state index contributed by atoms with van der Waals surface area (Å²) in [5.74, 6) is 3.45. The second-order valence-electron chi connectivity index (χ2n) is 9.06. The van der Waals surface area contributed by atoms with Crippen LogP contribution in [0.4, 0.5) is 0 Å². The lowest BCUT2D eigenvalue weighted by Crippen LogP contribution is -2.50. The van der Waals surface area contributed by atoms with Crippen molar-refractivity contribution in [3.05, 3.63) is 0 Å². The first-order valence-corrected chi connectivity index (χ1v) is 10.1. The number of hydrogen-bond acceptors (Lipinski definition) is 1. The van der Waals surface area contributed by atoms with E-state index in [2.05, 4.69) is 32.6 Å². The highest BCUT2D eigenvalue weighted by molar-refractivity contribution is 7.80. The molecule has 0 aromatic carbocycles. The number of thiocarbonyl (C=S) groups is 1. The molecule has 4 unspecified atom stereocenters. The fraction of sp³-hybridized carbons (Fsp3) is 0.947. The first-order chi connectivity index (χ1) is 10.4. The van der Waals surface area contributed by atoms with E-state index in [0.29, 0.717) is 17.3 Å². The predicted molar refractivity (Wildman–Crippen MR) is 102 cm³/mol. The zero-order valence-electron chi connectivity index (χ0n) is 15.1. The highest BCUT2D eigenvalue weighted by Crippen LogP contribution is 2.61. The molecule has 4 rings (SSSR count). The maximum atomic E-state index is 5.96. The van der Waals surface area contributed by atoms with Crippen LogP contribution < -0.4 is 0 Å². The van der Waals surface area contributed by atoms with Gasteiger partial charge < -0.3 is 4.90 Å². The lowest BCUT2D eigenvalue weighted by Gasteiger charge is -2.55. The molecule has 3 saturated heterocycles. The highest BCUT2D eigenvalue weighted by Gasteiger charge is 2.50. The van der Waals surface area contributed by atoms with E-state index >= 15 is 0 Å². The molecule has 3 heterocycles. The molecule has 0 aromatic heterocycles. The normalized spacial score (nSPS) is 39.3. The molecule has 4 fully saturated rings. The molecule has 4 atom stereocenters. The molecule has 124 valence electrons. The number of fused-ring (bicyclic) bond motifs is 3. The Labute approximate surface area is 143 Å². The Kier molecular flexibility index (Phi) is 4.93. The molecule has 0 aromatic rings. The van der Waals surface area contributed by atoms with Crippen molar-refractivity contribution in [2.24, 2.45) is 17.8 Å². The van der Waals surface area contributed by atoms with Crippen LogP contribution in [0.5, 0.6) is 0 Å². The third kappa shape index (κ3) is 2.99. The first kappa shape index (κ1) is 16.8. The summed E-state index contributed by atoms with van der Waals surface area (Å²) in [4.78, 5) is 3.83. The van der Waals surface area contributed by atoms with Crippen LogP contribution in [0.1, 0.15) is 72.6 Å². The first-order valence-electron chi connectivity index (χ1n) is 9.73. The Morgan fingerprint density at radius 3 is 2.41 bits per heavy atom. The van der Waals surface area contributed by atoms with Crippen molar-refractivity contribution in [3.8, 4) is 0 Å². The fourth-order valence-electron chi connectivity index (χ4n) is 5.63. The van der Waals surface area contributed by atoms with E-state index in [4.69, 9.17) is 12.2 Å². The smallest absolute Gasteiger partial charge is 0.131 e. The molecule has 1 aliphatic carbocycles. The Hall–Kier alpha value is -0.0451. The summed E-state index contributed by atoms with van der Waals surface area (Å²) in [6.45, 7) is 10.8. The summed E-state index contributed by atoms with van der Waals surface area (Å²) < 4.78 is 0. The summed E-state index contributed by atoms with van der Waals surface area (Å²) in [6.07, 6.45) is 10.0. The van der Waals surface area contributed by atoms with Crippen molar-refractivity contribution in [2.75, 3.05) is 6.54 Å². The largest absolute Gasteiger partial charge is 0.363 e. The van der Waals surface area contributed by atoms with Gasteiger partial charge in [0.25, 0.3) is 0 Å². The molecule has 1 saturated carbocycles. The number of likely N-dealkylation sites (tertiary alicyclic amines) is 1. The summed E-state index contributed by atoms with van der Waals surface area (Å²) in [5.41, 5.74) is 0. The standard InChI is InChI=1S/C19H34BNS/c1-13(2)19-11-15-9-10-21(14(3)4)18(22)17(15)8-6-5-7-16(12-19)20-19/h13-17,20H,5-12H2,1-4H3. The van der Waals surface area contributed by atoms with Gasteiger partial charge in [-0.2, -0.15) is 0 Å². The van der Waals surface area contributed by atoms with Gasteiger partial charge in [-0.25, -0.2) is 0 Å².